The Bertz CT molecular complexity index is 1680. The molecule has 1 aliphatic rings. The summed E-state index contributed by atoms with van der Waals surface area (Å²) in [5, 5.41) is 5.24. The van der Waals surface area contributed by atoms with Crippen molar-refractivity contribution in [2.45, 2.75) is 22.9 Å². The zero-order chi connectivity index (χ0) is 32.9. The quantitative estimate of drug-likeness (QED) is 0.180. The average molecular weight is 676 g/mol. The van der Waals surface area contributed by atoms with Crippen molar-refractivity contribution in [1.82, 2.24) is 0 Å². The van der Waals surface area contributed by atoms with Crippen LogP contribution in [0.3, 0.4) is 0 Å². The summed E-state index contributed by atoms with van der Waals surface area (Å²) >= 11 is 12.2. The van der Waals surface area contributed by atoms with Gasteiger partial charge in [0.05, 0.1) is 28.4 Å². The fraction of sp³-hybridized carbons (Fsp3) is 0.192. The van der Waals surface area contributed by atoms with Crippen molar-refractivity contribution in [2.75, 3.05) is 16.0 Å². The summed E-state index contributed by atoms with van der Waals surface area (Å²) in [5.41, 5.74) is -5.63. The Balaban J connectivity index is 1.56. The molecule has 18 heteroatoms. The molecular formula is C26H13Cl2F10N3O3. The molecule has 3 amide bonds. The van der Waals surface area contributed by atoms with Crippen LogP contribution in [-0.2, 0) is 15.8 Å². The number of amides is 3. The number of nitrogens with one attached hydrogen (secondary N) is 3. The molecule has 1 saturated carbocycles. The predicted octanol–water partition coefficient (Wildman–Crippen LogP) is 7.38. The maximum Gasteiger partial charge on any atom is 0.419 e. The van der Waals surface area contributed by atoms with Crippen LogP contribution in [0.15, 0.2) is 42.5 Å². The first-order chi connectivity index (χ1) is 20.3. The van der Waals surface area contributed by atoms with E-state index in [4.69, 9.17) is 23.2 Å². The summed E-state index contributed by atoms with van der Waals surface area (Å²) in [6.07, 6.45) is -8.68. The highest BCUT2D eigenvalue weighted by Crippen LogP contribution is 2.65. The number of anilines is 3. The molecule has 4 rings (SSSR count). The van der Waals surface area contributed by atoms with Crippen molar-refractivity contribution >= 4 is 58.0 Å². The van der Waals surface area contributed by atoms with Gasteiger partial charge in [-0.3, -0.25) is 14.4 Å². The summed E-state index contributed by atoms with van der Waals surface area (Å²) in [6.45, 7) is 0. The van der Waals surface area contributed by atoms with Crippen molar-refractivity contribution in [2.24, 2.45) is 5.92 Å². The van der Waals surface area contributed by atoms with Crippen LogP contribution in [0.1, 0.15) is 27.4 Å². The Morgan fingerprint density at radius 1 is 0.773 bits per heavy atom. The van der Waals surface area contributed by atoms with Gasteiger partial charge in [-0.25, -0.2) is 22.0 Å². The van der Waals surface area contributed by atoms with Crippen LogP contribution >= 0.6 is 23.2 Å². The van der Waals surface area contributed by atoms with Gasteiger partial charge < -0.3 is 16.0 Å². The van der Waals surface area contributed by atoms with E-state index in [-0.39, 0.29) is 11.6 Å². The SMILES string of the molecule is O=C(Nc1cc(NC(=O)C(F)F)c(F)cc1F)c1cc(NC(=O)[C@H]2[C@H](c3ccc(F)c(C(F)(F)F)c3)C2(Cl)Cl)cc(F)c1F. The van der Waals surface area contributed by atoms with E-state index in [0.29, 0.717) is 30.3 Å². The topological polar surface area (TPSA) is 87.3 Å². The highest BCUT2D eigenvalue weighted by atomic mass is 35.5. The zero-order valence-corrected chi connectivity index (χ0v) is 22.5. The van der Waals surface area contributed by atoms with E-state index >= 15 is 0 Å². The fourth-order valence-electron chi connectivity index (χ4n) is 4.19. The highest BCUT2D eigenvalue weighted by Gasteiger charge is 2.67. The molecule has 3 N–H and O–H groups in total. The number of carbonyl (C=O) groups excluding carboxylic acids is 3. The largest absolute Gasteiger partial charge is 0.419 e. The molecule has 234 valence electrons. The van der Waals surface area contributed by atoms with Crippen LogP contribution < -0.4 is 16.0 Å². The van der Waals surface area contributed by atoms with Gasteiger partial charge in [-0.1, -0.05) is 6.07 Å². The first kappa shape index (κ1) is 32.9. The molecule has 0 aromatic heterocycles. The molecule has 3 aromatic carbocycles. The van der Waals surface area contributed by atoms with Crippen LogP contribution in [0.2, 0.25) is 0 Å². The summed E-state index contributed by atoms with van der Waals surface area (Å²) in [5.74, 6) is -15.6. The van der Waals surface area contributed by atoms with Crippen LogP contribution in [-0.4, -0.2) is 28.5 Å². The van der Waals surface area contributed by atoms with Crippen LogP contribution in [0.25, 0.3) is 0 Å². The zero-order valence-electron chi connectivity index (χ0n) is 21.0. The van der Waals surface area contributed by atoms with Gasteiger partial charge in [0.15, 0.2) is 11.6 Å². The van der Waals surface area contributed by atoms with Gasteiger partial charge in [0.1, 0.15) is 21.8 Å². The van der Waals surface area contributed by atoms with E-state index < -0.39 is 104 Å². The number of halogens is 12. The Kier molecular flexibility index (Phi) is 8.81. The van der Waals surface area contributed by atoms with Gasteiger partial charge in [-0.05, 0) is 29.8 Å². The van der Waals surface area contributed by atoms with Crippen molar-refractivity contribution in [3.8, 4) is 0 Å². The lowest BCUT2D eigenvalue weighted by Gasteiger charge is -2.13. The number of benzene rings is 3. The number of alkyl halides is 7. The summed E-state index contributed by atoms with van der Waals surface area (Å²) < 4.78 is 133. The third-order valence-corrected chi connectivity index (χ3v) is 7.23. The fourth-order valence-corrected chi connectivity index (χ4v) is 5.01. The third-order valence-electron chi connectivity index (χ3n) is 6.29. The van der Waals surface area contributed by atoms with Gasteiger partial charge in [0, 0.05) is 23.7 Å². The minimum absolute atomic E-state index is 0.0969. The van der Waals surface area contributed by atoms with E-state index in [1.54, 1.807) is 5.32 Å². The maximum atomic E-state index is 14.5. The normalized spacial score (nSPS) is 17.3. The van der Waals surface area contributed by atoms with E-state index in [0.717, 1.165) is 6.07 Å². The van der Waals surface area contributed by atoms with Crippen molar-refractivity contribution in [3.63, 3.8) is 0 Å². The van der Waals surface area contributed by atoms with Crippen molar-refractivity contribution < 1.29 is 58.3 Å². The molecule has 6 nitrogen and oxygen atoms in total. The van der Waals surface area contributed by atoms with E-state index in [9.17, 15) is 58.3 Å². The lowest BCUT2D eigenvalue weighted by atomic mass is 10.0. The Morgan fingerprint density at radius 2 is 1.39 bits per heavy atom. The Labute approximate surface area is 249 Å². The molecule has 44 heavy (non-hydrogen) atoms. The van der Waals surface area contributed by atoms with E-state index in [1.165, 1.54) is 5.32 Å². The van der Waals surface area contributed by atoms with Crippen molar-refractivity contribution in [3.05, 3.63) is 88.2 Å². The second-order valence-electron chi connectivity index (χ2n) is 9.23. The minimum atomic E-state index is -5.09. The number of rotatable bonds is 7. The molecule has 1 aliphatic carbocycles. The van der Waals surface area contributed by atoms with Gasteiger partial charge >= 0.3 is 12.6 Å². The molecule has 2 atom stereocenters. The second-order valence-corrected chi connectivity index (χ2v) is 10.7. The monoisotopic (exact) mass is 675 g/mol. The first-order valence-corrected chi connectivity index (χ1v) is 12.5. The lowest BCUT2D eigenvalue weighted by Crippen LogP contribution is -2.22. The molecule has 0 aliphatic heterocycles. The lowest BCUT2D eigenvalue weighted by molar-refractivity contribution is -0.140. The molecule has 3 aromatic rings. The van der Waals surface area contributed by atoms with Gasteiger partial charge in [0.2, 0.25) is 5.91 Å². The average Bonchev–Trinajstić information content (AvgIpc) is 3.49. The van der Waals surface area contributed by atoms with Gasteiger partial charge in [-0.15, -0.1) is 23.2 Å². The van der Waals surface area contributed by atoms with Crippen LogP contribution in [0.5, 0.6) is 0 Å². The molecule has 0 bridgehead atoms. The maximum absolute atomic E-state index is 14.5. The first-order valence-electron chi connectivity index (χ1n) is 11.8. The van der Waals surface area contributed by atoms with E-state index in [2.05, 4.69) is 5.32 Å². The second kappa shape index (κ2) is 11.8. The molecule has 0 saturated heterocycles. The number of carbonyl (C=O) groups is 3. The van der Waals surface area contributed by atoms with Crippen LogP contribution in [0.4, 0.5) is 61.0 Å². The van der Waals surface area contributed by atoms with Gasteiger partial charge in [-0.2, -0.15) is 22.0 Å². The number of hydrogen-bond acceptors (Lipinski definition) is 3. The molecule has 0 unspecified atom stereocenters. The van der Waals surface area contributed by atoms with Crippen LogP contribution in [0, 0.1) is 35.0 Å². The Hall–Kier alpha value is -4.05. The summed E-state index contributed by atoms with van der Waals surface area (Å²) in [4.78, 5) is 36.7. The smallest absolute Gasteiger partial charge is 0.326 e. The standard InChI is InChI=1S/C26H13Cl2F10N3O3/c27-25(28)18(8-1-2-12(29)11(3-8)26(36,37)38)19(25)23(43)39-9-4-10(20(33)15(32)5-9)22(42)40-16-7-17(14(31)6-13(16)30)41-24(44)21(34)35/h1-7,18-19,21H,(H,39,43)(H,40,42)(H,41,44)/t18-,19+/m0/s1. The number of hydrogen-bond donors (Lipinski definition) is 3. The predicted molar refractivity (Wildman–Crippen MR) is 136 cm³/mol. The summed E-state index contributed by atoms with van der Waals surface area (Å²) in [7, 11) is 0. The molecule has 0 spiro atoms. The van der Waals surface area contributed by atoms with Crippen molar-refractivity contribution in [1.29, 1.82) is 0 Å². The van der Waals surface area contributed by atoms with E-state index in [1.807, 2.05) is 0 Å². The molecular weight excluding hydrogens is 663 g/mol. The van der Waals surface area contributed by atoms with Gasteiger partial charge in [0.25, 0.3) is 11.8 Å². The highest BCUT2D eigenvalue weighted by molar-refractivity contribution is 6.53. The summed E-state index contributed by atoms with van der Waals surface area (Å²) in [6, 6.07) is 3.27. The molecule has 0 radical (unpaired) electrons. The third kappa shape index (κ3) is 6.55. The minimum Gasteiger partial charge on any atom is -0.326 e. The molecule has 1 fully saturated rings. The Morgan fingerprint density at radius 3 is 1.98 bits per heavy atom. The molecule has 0 heterocycles.